The number of rotatable bonds is 6. The molecular weight excluding hydrogens is 511 g/mol. The monoisotopic (exact) mass is 528 g/mol. The molecule has 0 radical (unpaired) electrons. The molecule has 0 aliphatic rings. The van der Waals surface area contributed by atoms with Gasteiger partial charge >= 0.3 is 0 Å². The van der Waals surface area contributed by atoms with Crippen molar-refractivity contribution in [3.05, 3.63) is 111 Å². The van der Waals surface area contributed by atoms with Crippen LogP contribution in [0.4, 0.5) is 0 Å². The Kier molecular flexibility index (Phi) is 6.61. The largest absolute Gasteiger partial charge is 0.496 e. The molecule has 0 spiro atoms. The predicted molar refractivity (Wildman–Crippen MR) is 145 cm³/mol. The summed E-state index contributed by atoms with van der Waals surface area (Å²) in [6.07, 6.45) is 4.06. The molecule has 2 aromatic heterocycles. The summed E-state index contributed by atoms with van der Waals surface area (Å²) in [5, 5.41) is 0.974. The van der Waals surface area contributed by atoms with E-state index in [1.54, 1.807) is 30.5 Å². The first kappa shape index (κ1) is 24.4. The first-order valence-corrected chi connectivity index (χ1v) is 11.9. The van der Waals surface area contributed by atoms with Crippen LogP contribution < -0.4 is 10.3 Å². The second-order valence-corrected chi connectivity index (χ2v) is 8.94. The lowest BCUT2D eigenvalue weighted by molar-refractivity contribution is 0.111. The molecule has 5 rings (SSSR count). The van der Waals surface area contributed by atoms with E-state index in [1.165, 1.54) is 17.7 Å². The number of carbonyl (C=O) groups is 2. The molecule has 0 N–H and O–H groups in total. The first-order valence-electron chi connectivity index (χ1n) is 11.1. The van der Waals surface area contributed by atoms with E-state index in [-0.39, 0.29) is 5.56 Å². The zero-order chi connectivity index (χ0) is 26.1. The molecule has 0 atom stereocenters. The van der Waals surface area contributed by atoms with Crippen LogP contribution in [0.1, 0.15) is 20.7 Å². The fourth-order valence-electron chi connectivity index (χ4n) is 4.24. The Morgan fingerprint density at radius 2 is 1.38 bits per heavy atom. The van der Waals surface area contributed by atoms with Gasteiger partial charge in [-0.25, -0.2) is 4.98 Å². The van der Waals surface area contributed by atoms with Gasteiger partial charge in [0.15, 0.2) is 12.6 Å². The lowest BCUT2D eigenvalue weighted by Gasteiger charge is -2.15. The lowest BCUT2D eigenvalue weighted by Crippen LogP contribution is -2.18. The molecule has 0 fully saturated rings. The van der Waals surface area contributed by atoms with Crippen LogP contribution in [0.2, 0.25) is 10.0 Å². The fourth-order valence-corrected chi connectivity index (χ4v) is 4.91. The Morgan fingerprint density at radius 3 is 1.97 bits per heavy atom. The van der Waals surface area contributed by atoms with E-state index in [4.69, 9.17) is 27.9 Å². The highest BCUT2D eigenvalue weighted by atomic mass is 35.5. The van der Waals surface area contributed by atoms with Crippen LogP contribution in [-0.2, 0) is 0 Å². The molecule has 182 valence electrons. The molecule has 5 aromatic rings. The van der Waals surface area contributed by atoms with Gasteiger partial charge in [-0.3, -0.25) is 18.8 Å². The number of fused-ring (bicyclic) bond motifs is 1. The Morgan fingerprint density at radius 1 is 0.784 bits per heavy atom. The van der Waals surface area contributed by atoms with Gasteiger partial charge in [-0.15, -0.1) is 0 Å². The van der Waals surface area contributed by atoms with Crippen LogP contribution in [-0.4, -0.2) is 29.1 Å². The summed E-state index contributed by atoms with van der Waals surface area (Å²) in [6.45, 7) is 0. The maximum Gasteiger partial charge on any atom is 0.268 e. The van der Waals surface area contributed by atoms with E-state index in [0.29, 0.717) is 33.3 Å². The van der Waals surface area contributed by atoms with E-state index in [1.807, 2.05) is 42.5 Å². The quantitative estimate of drug-likeness (QED) is 0.231. The van der Waals surface area contributed by atoms with Crippen LogP contribution in [0.25, 0.3) is 39.0 Å². The lowest BCUT2D eigenvalue weighted by atomic mass is 9.95. The third-order valence-electron chi connectivity index (χ3n) is 6.13. The van der Waals surface area contributed by atoms with Crippen LogP contribution in [0.15, 0.2) is 83.9 Å². The molecule has 0 saturated heterocycles. The number of benzene rings is 3. The van der Waals surface area contributed by atoms with Crippen molar-refractivity contribution in [2.45, 2.75) is 0 Å². The van der Waals surface area contributed by atoms with Crippen molar-refractivity contribution >= 4 is 41.4 Å². The molecular formula is C29H18Cl2N2O4. The summed E-state index contributed by atoms with van der Waals surface area (Å²) in [7, 11) is 1.51. The first-order chi connectivity index (χ1) is 18.0. The Labute approximate surface area is 221 Å². The number of ether oxygens (including phenoxy) is 1. The summed E-state index contributed by atoms with van der Waals surface area (Å²) in [4.78, 5) is 39.0. The second kappa shape index (κ2) is 10.0. The summed E-state index contributed by atoms with van der Waals surface area (Å²) < 4.78 is 6.66. The number of nitrogens with zero attached hydrogens (tertiary/aromatic N) is 2. The summed E-state index contributed by atoms with van der Waals surface area (Å²) in [6, 6.07) is 20.0. The smallest absolute Gasteiger partial charge is 0.268 e. The van der Waals surface area contributed by atoms with Gasteiger partial charge in [-0.05, 0) is 35.4 Å². The van der Waals surface area contributed by atoms with Gasteiger partial charge in [0, 0.05) is 34.6 Å². The van der Waals surface area contributed by atoms with Crippen LogP contribution in [0.5, 0.6) is 5.75 Å². The summed E-state index contributed by atoms with van der Waals surface area (Å²) >= 11 is 13.8. The molecule has 0 aliphatic carbocycles. The van der Waals surface area contributed by atoms with Gasteiger partial charge in [0.2, 0.25) is 0 Å². The zero-order valence-corrected chi connectivity index (χ0v) is 21.0. The SMILES string of the molecule is COc1cc(-c2cccc(-c3cccc(-c4ccn5c(=O)c(C=O)cnc5c4)c3Cl)c2Cl)ccc1C=O. The van der Waals surface area contributed by atoms with Crippen molar-refractivity contribution in [1.82, 2.24) is 9.38 Å². The molecule has 0 unspecified atom stereocenters. The predicted octanol–water partition coefficient (Wildman–Crippen LogP) is 6.64. The zero-order valence-electron chi connectivity index (χ0n) is 19.4. The molecule has 8 heteroatoms. The Hall–Kier alpha value is -4.26. The van der Waals surface area contributed by atoms with Crippen molar-refractivity contribution in [1.29, 1.82) is 0 Å². The van der Waals surface area contributed by atoms with Crippen molar-refractivity contribution < 1.29 is 14.3 Å². The maximum absolute atomic E-state index is 12.4. The molecule has 0 saturated carbocycles. The number of aldehydes is 2. The van der Waals surface area contributed by atoms with Crippen LogP contribution in [0, 0.1) is 0 Å². The third kappa shape index (κ3) is 4.31. The standard InChI is InChI=1S/C29H18Cl2N2O4/c1-37-25-12-17(8-9-19(25)15-34)21-4-2-6-23(27(21)30)24-7-3-5-22(28(24)31)18-10-11-33-26(13-18)32-14-20(16-35)29(33)36/h2-16H,1H3. The third-order valence-corrected chi connectivity index (χ3v) is 6.95. The minimum Gasteiger partial charge on any atom is -0.496 e. The average Bonchev–Trinajstić information content (AvgIpc) is 2.93. The number of methoxy groups -OCH3 is 1. The molecule has 6 nitrogen and oxygen atoms in total. The number of hydrogen-bond donors (Lipinski definition) is 0. The molecule has 37 heavy (non-hydrogen) atoms. The van der Waals surface area contributed by atoms with Gasteiger partial charge < -0.3 is 4.74 Å². The van der Waals surface area contributed by atoms with Crippen molar-refractivity contribution in [3.8, 4) is 39.1 Å². The van der Waals surface area contributed by atoms with Gasteiger partial charge in [-0.1, -0.05) is 65.7 Å². The number of halogens is 2. The number of aromatic nitrogens is 2. The number of hydrogen-bond acceptors (Lipinski definition) is 5. The van der Waals surface area contributed by atoms with Gasteiger partial charge in [-0.2, -0.15) is 0 Å². The highest BCUT2D eigenvalue weighted by Crippen LogP contribution is 2.42. The molecule has 0 aliphatic heterocycles. The van der Waals surface area contributed by atoms with E-state index in [0.717, 1.165) is 39.7 Å². The van der Waals surface area contributed by atoms with Crippen molar-refractivity contribution in [2.75, 3.05) is 7.11 Å². The second-order valence-electron chi connectivity index (χ2n) is 8.19. The van der Waals surface area contributed by atoms with Crippen LogP contribution >= 0.6 is 23.2 Å². The number of pyridine rings is 1. The highest BCUT2D eigenvalue weighted by Gasteiger charge is 2.17. The Bertz CT molecular complexity index is 1760. The van der Waals surface area contributed by atoms with E-state index < -0.39 is 5.56 Å². The topological polar surface area (TPSA) is 77.7 Å². The molecule has 0 bridgehead atoms. The maximum atomic E-state index is 12.4. The summed E-state index contributed by atoms with van der Waals surface area (Å²) in [5.41, 5.74) is 4.88. The minimum absolute atomic E-state index is 0.0155. The minimum atomic E-state index is -0.437. The highest BCUT2D eigenvalue weighted by molar-refractivity contribution is 6.39. The Balaban J connectivity index is 1.62. The average molecular weight is 529 g/mol. The van der Waals surface area contributed by atoms with E-state index in [9.17, 15) is 14.4 Å². The molecule has 0 amide bonds. The van der Waals surface area contributed by atoms with Gasteiger partial charge in [0.05, 0.1) is 28.3 Å². The van der Waals surface area contributed by atoms with Crippen molar-refractivity contribution in [3.63, 3.8) is 0 Å². The van der Waals surface area contributed by atoms with E-state index in [2.05, 4.69) is 4.98 Å². The summed E-state index contributed by atoms with van der Waals surface area (Å²) in [5.74, 6) is 0.457. The fraction of sp³-hybridized carbons (Fsp3) is 0.0345. The van der Waals surface area contributed by atoms with Gasteiger partial charge in [0.1, 0.15) is 11.4 Å². The van der Waals surface area contributed by atoms with Gasteiger partial charge in [0.25, 0.3) is 5.56 Å². The van der Waals surface area contributed by atoms with Crippen LogP contribution in [0.3, 0.4) is 0 Å². The number of carbonyl (C=O) groups excluding carboxylic acids is 2. The van der Waals surface area contributed by atoms with E-state index >= 15 is 0 Å². The molecule has 3 aromatic carbocycles. The molecule has 2 heterocycles. The normalized spacial score (nSPS) is 10.9. The van der Waals surface area contributed by atoms with Crippen molar-refractivity contribution in [2.24, 2.45) is 0 Å².